The van der Waals surface area contributed by atoms with E-state index < -0.39 is 0 Å². The Hall–Kier alpha value is -0.860. The summed E-state index contributed by atoms with van der Waals surface area (Å²) in [6, 6.07) is 9.44. The molecule has 1 aromatic rings. The fraction of sp³-hybridized carbons (Fsp3) is 0.684. The van der Waals surface area contributed by atoms with Crippen LogP contribution in [0.25, 0.3) is 0 Å². The molecule has 0 bridgehead atoms. The number of likely N-dealkylation sites (tertiary alicyclic amines) is 1. The van der Waals surface area contributed by atoms with Crippen LogP contribution >= 0.6 is 0 Å². The van der Waals surface area contributed by atoms with Gasteiger partial charge in [-0.1, -0.05) is 30.7 Å². The van der Waals surface area contributed by atoms with Crippen molar-refractivity contribution in [1.29, 1.82) is 0 Å². The summed E-state index contributed by atoms with van der Waals surface area (Å²) in [7, 11) is 0. The van der Waals surface area contributed by atoms with Gasteiger partial charge in [0.25, 0.3) is 0 Å². The molecule has 2 saturated heterocycles. The zero-order valence-corrected chi connectivity index (χ0v) is 13.3. The van der Waals surface area contributed by atoms with Crippen LogP contribution in [0.3, 0.4) is 0 Å². The molecule has 0 radical (unpaired) electrons. The summed E-state index contributed by atoms with van der Waals surface area (Å²) in [5.74, 6) is 0.845. The van der Waals surface area contributed by atoms with E-state index in [0.717, 1.165) is 5.92 Å². The maximum Gasteiger partial charge on any atom is 0.00218 e. The van der Waals surface area contributed by atoms with E-state index in [1.807, 2.05) is 0 Å². The minimum Gasteiger partial charge on any atom is -0.316 e. The Balaban J connectivity index is 1.44. The molecule has 1 N–H and O–H groups in total. The third-order valence-electron chi connectivity index (χ3n) is 5.11. The van der Waals surface area contributed by atoms with Gasteiger partial charge in [-0.25, -0.2) is 0 Å². The van der Waals surface area contributed by atoms with E-state index in [1.165, 1.54) is 88.8 Å². The minimum atomic E-state index is 0.845. The Morgan fingerprint density at radius 3 is 2.43 bits per heavy atom. The van der Waals surface area contributed by atoms with Crippen molar-refractivity contribution in [2.75, 3.05) is 32.7 Å². The average molecular weight is 286 g/mol. The predicted octanol–water partition coefficient (Wildman–Crippen LogP) is 3.26. The van der Waals surface area contributed by atoms with Crippen LogP contribution in [-0.4, -0.2) is 37.6 Å². The number of nitrogens with zero attached hydrogens (tertiary/aromatic N) is 1. The monoisotopic (exact) mass is 286 g/mol. The maximum absolute atomic E-state index is 3.52. The summed E-state index contributed by atoms with van der Waals surface area (Å²) >= 11 is 0. The van der Waals surface area contributed by atoms with Crippen molar-refractivity contribution in [2.24, 2.45) is 5.92 Å². The van der Waals surface area contributed by atoms with Crippen LogP contribution in [-0.2, 0) is 12.8 Å². The van der Waals surface area contributed by atoms with Crippen molar-refractivity contribution in [2.45, 2.75) is 44.9 Å². The molecule has 1 aromatic carbocycles. The topological polar surface area (TPSA) is 15.3 Å². The molecular weight excluding hydrogens is 256 g/mol. The van der Waals surface area contributed by atoms with E-state index in [1.54, 1.807) is 0 Å². The van der Waals surface area contributed by atoms with E-state index in [4.69, 9.17) is 0 Å². The minimum absolute atomic E-state index is 0.845. The van der Waals surface area contributed by atoms with Crippen molar-refractivity contribution in [3.63, 3.8) is 0 Å². The number of rotatable bonds is 5. The van der Waals surface area contributed by atoms with Gasteiger partial charge in [-0.2, -0.15) is 0 Å². The van der Waals surface area contributed by atoms with Gasteiger partial charge < -0.3 is 10.2 Å². The highest BCUT2D eigenvalue weighted by atomic mass is 15.1. The summed E-state index contributed by atoms with van der Waals surface area (Å²) in [6.45, 7) is 6.29. The molecule has 21 heavy (non-hydrogen) atoms. The number of nitrogens with one attached hydrogen (secondary N) is 1. The smallest absolute Gasteiger partial charge is 0.00218 e. The Labute approximate surface area is 129 Å². The first-order valence-corrected chi connectivity index (χ1v) is 8.91. The molecule has 0 aliphatic carbocycles. The lowest BCUT2D eigenvalue weighted by Gasteiger charge is -2.26. The molecule has 2 aliphatic heterocycles. The van der Waals surface area contributed by atoms with E-state index in [9.17, 15) is 0 Å². The molecular formula is C19H30N2. The van der Waals surface area contributed by atoms with Gasteiger partial charge in [0.1, 0.15) is 0 Å². The molecule has 0 amide bonds. The summed E-state index contributed by atoms with van der Waals surface area (Å²) in [4.78, 5) is 2.63. The van der Waals surface area contributed by atoms with Gasteiger partial charge in [-0.15, -0.1) is 0 Å². The molecule has 2 fully saturated rings. The zero-order valence-electron chi connectivity index (χ0n) is 13.3. The first-order valence-electron chi connectivity index (χ1n) is 8.91. The Kier molecular flexibility index (Phi) is 5.70. The molecule has 2 aliphatic rings. The van der Waals surface area contributed by atoms with Gasteiger partial charge in [0.15, 0.2) is 0 Å². The molecule has 2 nitrogen and oxygen atoms in total. The molecule has 1 atom stereocenters. The van der Waals surface area contributed by atoms with Crippen LogP contribution in [0.2, 0.25) is 0 Å². The van der Waals surface area contributed by atoms with Crippen LogP contribution in [0.4, 0.5) is 0 Å². The first kappa shape index (κ1) is 15.1. The Morgan fingerprint density at radius 1 is 0.952 bits per heavy atom. The van der Waals surface area contributed by atoms with E-state index in [2.05, 4.69) is 34.5 Å². The van der Waals surface area contributed by atoms with Crippen molar-refractivity contribution >= 4 is 0 Å². The average Bonchev–Trinajstić information content (AvgIpc) is 2.56. The summed E-state index contributed by atoms with van der Waals surface area (Å²) in [6.07, 6.45) is 9.43. The van der Waals surface area contributed by atoms with E-state index >= 15 is 0 Å². The number of hydrogen-bond donors (Lipinski definition) is 1. The number of hydrogen-bond acceptors (Lipinski definition) is 2. The fourth-order valence-electron chi connectivity index (χ4n) is 3.74. The van der Waals surface area contributed by atoms with E-state index in [0.29, 0.717) is 0 Å². The van der Waals surface area contributed by atoms with Gasteiger partial charge >= 0.3 is 0 Å². The Bertz CT molecular complexity index is 400. The number of piperidine rings is 2. The normalized spacial score (nSPS) is 24.1. The molecule has 2 heterocycles. The third kappa shape index (κ3) is 4.82. The van der Waals surface area contributed by atoms with Crippen LogP contribution < -0.4 is 5.32 Å². The second-order valence-electron chi connectivity index (χ2n) is 6.89. The molecule has 0 saturated carbocycles. The zero-order chi connectivity index (χ0) is 14.3. The Morgan fingerprint density at radius 2 is 1.71 bits per heavy atom. The van der Waals surface area contributed by atoms with Crippen molar-refractivity contribution < 1.29 is 0 Å². The van der Waals surface area contributed by atoms with Gasteiger partial charge in [-0.05, 0) is 81.7 Å². The summed E-state index contributed by atoms with van der Waals surface area (Å²) in [5.41, 5.74) is 3.02. The third-order valence-corrected chi connectivity index (χ3v) is 5.11. The maximum atomic E-state index is 3.52. The van der Waals surface area contributed by atoms with Crippen LogP contribution in [0, 0.1) is 5.92 Å². The fourth-order valence-corrected chi connectivity index (χ4v) is 3.74. The lowest BCUT2D eigenvalue weighted by Crippen LogP contribution is -2.31. The molecule has 0 aromatic heterocycles. The van der Waals surface area contributed by atoms with Crippen LogP contribution in [0.5, 0.6) is 0 Å². The highest BCUT2D eigenvalue weighted by Gasteiger charge is 2.13. The van der Waals surface area contributed by atoms with Crippen LogP contribution in [0.15, 0.2) is 24.3 Å². The largest absolute Gasteiger partial charge is 0.316 e. The highest BCUT2D eigenvalue weighted by molar-refractivity contribution is 5.23. The van der Waals surface area contributed by atoms with Crippen molar-refractivity contribution in [3.8, 4) is 0 Å². The lowest BCUT2D eigenvalue weighted by atomic mass is 9.92. The van der Waals surface area contributed by atoms with Crippen molar-refractivity contribution in [1.82, 2.24) is 10.2 Å². The van der Waals surface area contributed by atoms with Crippen molar-refractivity contribution in [3.05, 3.63) is 35.4 Å². The summed E-state index contributed by atoms with van der Waals surface area (Å²) in [5, 5.41) is 3.52. The van der Waals surface area contributed by atoms with Gasteiger partial charge in [0.2, 0.25) is 0 Å². The van der Waals surface area contributed by atoms with Gasteiger partial charge in [0.05, 0.1) is 0 Å². The predicted molar refractivity (Wildman–Crippen MR) is 89.7 cm³/mol. The molecule has 0 spiro atoms. The SMILES string of the molecule is c1cc(CC2CCCNC2)ccc1CCN1CCCCC1. The first-order chi connectivity index (χ1) is 10.4. The second-order valence-corrected chi connectivity index (χ2v) is 6.89. The van der Waals surface area contributed by atoms with E-state index in [-0.39, 0.29) is 0 Å². The summed E-state index contributed by atoms with van der Waals surface area (Å²) < 4.78 is 0. The quantitative estimate of drug-likeness (QED) is 0.894. The number of benzene rings is 1. The standard InChI is InChI=1S/C19H30N2/c1-2-12-21(13-3-1)14-10-17-6-8-18(9-7-17)15-19-5-4-11-20-16-19/h6-9,19-20H,1-5,10-16H2. The molecule has 3 rings (SSSR count). The second kappa shape index (κ2) is 7.95. The van der Waals surface area contributed by atoms with Crippen LogP contribution in [0.1, 0.15) is 43.2 Å². The molecule has 1 unspecified atom stereocenters. The molecule has 2 heteroatoms. The lowest BCUT2D eigenvalue weighted by molar-refractivity contribution is 0.231. The molecule has 116 valence electrons. The highest BCUT2D eigenvalue weighted by Crippen LogP contribution is 2.17. The van der Waals surface area contributed by atoms with Gasteiger partial charge in [-0.3, -0.25) is 0 Å². The van der Waals surface area contributed by atoms with Gasteiger partial charge in [0, 0.05) is 6.54 Å².